The van der Waals surface area contributed by atoms with Gasteiger partial charge in [0.2, 0.25) is 5.91 Å². The van der Waals surface area contributed by atoms with E-state index in [1.807, 2.05) is 0 Å². The average molecular weight is 173 g/mol. The van der Waals surface area contributed by atoms with Crippen LogP contribution >= 0.6 is 0 Å². The zero-order valence-electron chi connectivity index (χ0n) is 7.92. The molecular weight excluding hydrogens is 154 g/mol. The van der Waals surface area contributed by atoms with Crippen LogP contribution in [0, 0.1) is 0 Å². The van der Waals surface area contributed by atoms with E-state index < -0.39 is 0 Å². The molecule has 0 saturated heterocycles. The van der Waals surface area contributed by atoms with Crippen molar-refractivity contribution in [3.05, 3.63) is 0 Å². The van der Waals surface area contributed by atoms with Crippen LogP contribution in [0.5, 0.6) is 0 Å². The van der Waals surface area contributed by atoms with Crippen molar-refractivity contribution in [2.45, 2.75) is 25.3 Å². The lowest BCUT2D eigenvalue weighted by molar-refractivity contribution is -0.130. The van der Waals surface area contributed by atoms with Crippen molar-refractivity contribution in [3.8, 4) is 0 Å². The summed E-state index contributed by atoms with van der Waals surface area (Å²) in [5.74, 6) is -0.00739. The first-order valence-corrected chi connectivity index (χ1v) is 4.26. The summed E-state index contributed by atoms with van der Waals surface area (Å²) >= 11 is 0. The molecule has 0 rings (SSSR count). The molecule has 0 aliphatic carbocycles. The van der Waals surface area contributed by atoms with Gasteiger partial charge in [-0.3, -0.25) is 4.79 Å². The fraction of sp³-hybridized carbons (Fsp3) is 0.875. The molecule has 0 aliphatic heterocycles. The Balaban J connectivity index is 3.57. The van der Waals surface area contributed by atoms with Crippen molar-refractivity contribution in [1.82, 2.24) is 4.90 Å². The summed E-state index contributed by atoms with van der Waals surface area (Å²) in [7, 11) is 3.43. The summed E-state index contributed by atoms with van der Waals surface area (Å²) in [6, 6.07) is -0.355. The molecule has 0 bridgehead atoms. The van der Waals surface area contributed by atoms with E-state index >= 15 is 0 Å². The van der Waals surface area contributed by atoms with Gasteiger partial charge >= 0.3 is 0 Å². The van der Waals surface area contributed by atoms with Crippen molar-refractivity contribution < 1.29 is 4.79 Å². The van der Waals surface area contributed by atoms with E-state index in [4.69, 9.17) is 11.5 Å². The van der Waals surface area contributed by atoms with Crippen LogP contribution in [-0.4, -0.2) is 37.5 Å². The number of nitrogens with zero attached hydrogens (tertiary/aromatic N) is 1. The summed E-state index contributed by atoms with van der Waals surface area (Å²) in [5, 5.41) is 0. The van der Waals surface area contributed by atoms with Gasteiger partial charge in [0.1, 0.15) is 0 Å². The first kappa shape index (κ1) is 11.4. The molecule has 1 unspecified atom stereocenters. The Hall–Kier alpha value is -0.610. The molecule has 0 radical (unpaired) electrons. The molecule has 0 spiro atoms. The summed E-state index contributed by atoms with van der Waals surface area (Å²) in [6.07, 6.45) is 2.60. The van der Waals surface area contributed by atoms with E-state index in [0.29, 0.717) is 6.54 Å². The SMILES string of the molecule is CN(C)C(=O)C(N)CCCCN. The second-order valence-electron chi connectivity index (χ2n) is 3.12. The molecule has 12 heavy (non-hydrogen) atoms. The van der Waals surface area contributed by atoms with Crippen LogP contribution < -0.4 is 11.5 Å². The number of nitrogens with two attached hydrogens (primary N) is 2. The van der Waals surface area contributed by atoms with Crippen LogP contribution in [0.4, 0.5) is 0 Å². The standard InChI is InChI=1S/C8H19N3O/c1-11(2)8(12)7(10)5-3-4-6-9/h7H,3-6,9-10H2,1-2H3. The molecule has 4 N–H and O–H groups in total. The molecule has 0 fully saturated rings. The van der Waals surface area contributed by atoms with Crippen molar-refractivity contribution in [1.29, 1.82) is 0 Å². The Morgan fingerprint density at radius 3 is 2.42 bits per heavy atom. The van der Waals surface area contributed by atoms with Crippen LogP contribution in [0.25, 0.3) is 0 Å². The molecule has 4 heteroatoms. The lowest BCUT2D eigenvalue weighted by Gasteiger charge is -2.16. The summed E-state index contributed by atoms with van der Waals surface area (Å²) in [6.45, 7) is 0.670. The van der Waals surface area contributed by atoms with Gasteiger partial charge in [0.15, 0.2) is 0 Å². The van der Waals surface area contributed by atoms with E-state index in [9.17, 15) is 4.79 Å². The summed E-state index contributed by atoms with van der Waals surface area (Å²) in [5.41, 5.74) is 10.9. The number of likely N-dealkylation sites (N-methyl/N-ethyl adjacent to an activating group) is 1. The highest BCUT2D eigenvalue weighted by Gasteiger charge is 2.13. The number of rotatable bonds is 5. The molecule has 72 valence electrons. The predicted octanol–water partition coefficient (Wildman–Crippen LogP) is -0.469. The minimum absolute atomic E-state index is 0.00739. The molecule has 0 aromatic rings. The lowest BCUT2D eigenvalue weighted by Crippen LogP contribution is -2.39. The second-order valence-corrected chi connectivity index (χ2v) is 3.12. The summed E-state index contributed by atoms with van der Waals surface area (Å²) < 4.78 is 0. The molecule has 0 aliphatic rings. The van der Waals surface area contributed by atoms with Crippen molar-refractivity contribution in [2.75, 3.05) is 20.6 Å². The first-order valence-electron chi connectivity index (χ1n) is 4.26. The molecule has 0 aromatic heterocycles. The third-order valence-corrected chi connectivity index (χ3v) is 1.73. The topological polar surface area (TPSA) is 72.3 Å². The van der Waals surface area contributed by atoms with Crippen LogP contribution in [0.1, 0.15) is 19.3 Å². The van der Waals surface area contributed by atoms with Gasteiger partial charge in [-0.25, -0.2) is 0 Å². The highest BCUT2D eigenvalue weighted by molar-refractivity contribution is 5.80. The maximum Gasteiger partial charge on any atom is 0.238 e. The largest absolute Gasteiger partial charge is 0.347 e. The first-order chi connectivity index (χ1) is 5.59. The van der Waals surface area contributed by atoms with Gasteiger partial charge in [0.05, 0.1) is 6.04 Å². The van der Waals surface area contributed by atoms with Gasteiger partial charge in [0, 0.05) is 14.1 Å². The quantitative estimate of drug-likeness (QED) is 0.552. The Bertz CT molecular complexity index is 136. The van der Waals surface area contributed by atoms with Crippen molar-refractivity contribution in [3.63, 3.8) is 0 Å². The molecule has 0 saturated carbocycles. The molecule has 4 nitrogen and oxygen atoms in total. The van der Waals surface area contributed by atoms with E-state index in [0.717, 1.165) is 19.3 Å². The maximum absolute atomic E-state index is 11.2. The Kier molecular flexibility index (Phi) is 5.66. The van der Waals surface area contributed by atoms with Gasteiger partial charge in [-0.15, -0.1) is 0 Å². The normalized spacial score (nSPS) is 12.7. The van der Waals surface area contributed by atoms with Gasteiger partial charge in [-0.05, 0) is 19.4 Å². The Morgan fingerprint density at radius 2 is 2.00 bits per heavy atom. The van der Waals surface area contributed by atoms with Crippen molar-refractivity contribution in [2.24, 2.45) is 11.5 Å². The third-order valence-electron chi connectivity index (χ3n) is 1.73. The molecule has 0 heterocycles. The fourth-order valence-electron chi connectivity index (χ4n) is 0.964. The number of carbonyl (C=O) groups excluding carboxylic acids is 1. The average Bonchev–Trinajstić information content (AvgIpc) is 2.03. The van der Waals surface area contributed by atoms with E-state index in [1.165, 1.54) is 4.90 Å². The molecule has 1 atom stereocenters. The van der Waals surface area contributed by atoms with Crippen molar-refractivity contribution >= 4 is 5.91 Å². The van der Waals surface area contributed by atoms with Gasteiger partial charge in [-0.2, -0.15) is 0 Å². The van der Waals surface area contributed by atoms with E-state index in [1.54, 1.807) is 14.1 Å². The number of unbranched alkanes of at least 4 members (excludes halogenated alkanes) is 1. The highest BCUT2D eigenvalue weighted by Crippen LogP contribution is 1.99. The fourth-order valence-corrected chi connectivity index (χ4v) is 0.964. The molecular formula is C8H19N3O. The zero-order valence-corrected chi connectivity index (χ0v) is 7.92. The molecule has 0 aromatic carbocycles. The minimum Gasteiger partial charge on any atom is -0.347 e. The zero-order chi connectivity index (χ0) is 9.56. The lowest BCUT2D eigenvalue weighted by atomic mass is 10.1. The number of hydrogen-bond donors (Lipinski definition) is 2. The third kappa shape index (κ3) is 4.31. The van der Waals surface area contributed by atoms with E-state index in [2.05, 4.69) is 0 Å². The number of hydrogen-bond acceptors (Lipinski definition) is 3. The van der Waals surface area contributed by atoms with Crippen LogP contribution in [0.2, 0.25) is 0 Å². The van der Waals surface area contributed by atoms with Crippen LogP contribution in [0.15, 0.2) is 0 Å². The molecule has 1 amide bonds. The monoisotopic (exact) mass is 173 g/mol. The second kappa shape index (κ2) is 5.97. The van der Waals surface area contributed by atoms with Gasteiger partial charge in [-0.1, -0.05) is 6.42 Å². The smallest absolute Gasteiger partial charge is 0.238 e. The minimum atomic E-state index is -0.355. The summed E-state index contributed by atoms with van der Waals surface area (Å²) in [4.78, 5) is 12.7. The van der Waals surface area contributed by atoms with Gasteiger partial charge in [0.25, 0.3) is 0 Å². The van der Waals surface area contributed by atoms with E-state index in [-0.39, 0.29) is 11.9 Å². The number of amides is 1. The van der Waals surface area contributed by atoms with Crippen LogP contribution in [-0.2, 0) is 4.79 Å². The van der Waals surface area contributed by atoms with Gasteiger partial charge < -0.3 is 16.4 Å². The van der Waals surface area contributed by atoms with Crippen LogP contribution in [0.3, 0.4) is 0 Å². The Labute approximate surface area is 73.9 Å². The Morgan fingerprint density at radius 1 is 1.42 bits per heavy atom. The maximum atomic E-state index is 11.2. The predicted molar refractivity (Wildman–Crippen MR) is 49.6 cm³/mol. The highest BCUT2D eigenvalue weighted by atomic mass is 16.2. The number of carbonyl (C=O) groups is 1.